The van der Waals surface area contributed by atoms with E-state index in [1.807, 2.05) is 13.0 Å². The molecule has 42 valence electrons. The van der Waals surface area contributed by atoms with Crippen molar-refractivity contribution in [2.45, 2.75) is 13.3 Å². The van der Waals surface area contributed by atoms with E-state index in [4.69, 9.17) is 5.11 Å². The summed E-state index contributed by atoms with van der Waals surface area (Å²) >= 11 is 2.12. The summed E-state index contributed by atoms with van der Waals surface area (Å²) in [7, 11) is 0. The third-order valence-corrected chi connectivity index (χ3v) is 1.36. The number of hydrogen-bond donors (Lipinski definition) is 1. The molecule has 2 heteroatoms. The van der Waals surface area contributed by atoms with Crippen LogP contribution in [0.5, 0.6) is 0 Å². The van der Waals surface area contributed by atoms with Gasteiger partial charge in [0.15, 0.2) is 0 Å². The Labute approximate surface area is 57.6 Å². The quantitative estimate of drug-likeness (QED) is 0.690. The molecule has 0 unspecified atom stereocenters. The van der Waals surface area contributed by atoms with Gasteiger partial charge in [-0.1, -0.05) is 13.0 Å². The monoisotopic (exact) mass is 212 g/mol. The van der Waals surface area contributed by atoms with Gasteiger partial charge in [0.1, 0.15) is 0 Å². The van der Waals surface area contributed by atoms with Gasteiger partial charge < -0.3 is 5.11 Å². The van der Waals surface area contributed by atoms with Crippen LogP contribution in [0.3, 0.4) is 0 Å². The molecule has 0 aliphatic rings. The lowest BCUT2D eigenvalue weighted by molar-refractivity contribution is 0.341. The second-order valence-electron chi connectivity index (χ2n) is 1.22. The number of allylic oxidation sites excluding steroid dienone is 1. The zero-order valence-corrected chi connectivity index (χ0v) is 6.47. The highest BCUT2D eigenvalue weighted by atomic mass is 127. The zero-order chi connectivity index (χ0) is 5.70. The Morgan fingerprint density at radius 3 is 2.57 bits per heavy atom. The molecule has 0 bridgehead atoms. The molecule has 0 aromatic rings. The molecule has 7 heavy (non-hydrogen) atoms. The minimum absolute atomic E-state index is 0.189. The lowest BCUT2D eigenvalue weighted by atomic mass is 10.4. The van der Waals surface area contributed by atoms with Crippen molar-refractivity contribution >= 4 is 22.6 Å². The van der Waals surface area contributed by atoms with Crippen molar-refractivity contribution in [2.75, 3.05) is 6.61 Å². The Kier molecular flexibility index (Phi) is 4.87. The van der Waals surface area contributed by atoms with E-state index in [0.717, 1.165) is 10.0 Å². The molecule has 0 amide bonds. The van der Waals surface area contributed by atoms with Crippen molar-refractivity contribution in [3.8, 4) is 0 Å². The minimum Gasteiger partial charge on any atom is -0.391 e. The zero-order valence-electron chi connectivity index (χ0n) is 4.32. The van der Waals surface area contributed by atoms with Gasteiger partial charge in [-0.15, -0.1) is 0 Å². The normalized spacial score (nSPS) is 12.1. The van der Waals surface area contributed by atoms with Crippen molar-refractivity contribution in [2.24, 2.45) is 0 Å². The topological polar surface area (TPSA) is 20.2 Å². The molecule has 0 radical (unpaired) electrons. The summed E-state index contributed by atoms with van der Waals surface area (Å²) in [6, 6.07) is 0. The Morgan fingerprint density at radius 1 is 1.86 bits per heavy atom. The molecule has 0 aromatic heterocycles. The smallest absolute Gasteiger partial charge is 0.0735 e. The summed E-state index contributed by atoms with van der Waals surface area (Å²) in [5.74, 6) is 0. The van der Waals surface area contributed by atoms with Gasteiger partial charge in [0.25, 0.3) is 0 Å². The molecule has 0 aliphatic heterocycles. The molecule has 0 heterocycles. The number of aliphatic hydroxyl groups is 1. The molecular weight excluding hydrogens is 203 g/mol. The Balaban J connectivity index is 3.29. The molecule has 0 saturated carbocycles. The van der Waals surface area contributed by atoms with E-state index in [1.165, 1.54) is 0 Å². The summed E-state index contributed by atoms with van der Waals surface area (Å²) in [4.78, 5) is 0. The molecule has 1 N–H and O–H groups in total. The molecule has 0 saturated heterocycles. The highest BCUT2D eigenvalue weighted by Crippen LogP contribution is 2.03. The first-order chi connectivity index (χ1) is 3.31. The van der Waals surface area contributed by atoms with Gasteiger partial charge >= 0.3 is 0 Å². The maximum atomic E-state index is 8.39. The SMILES string of the molecule is CC/C=C(\I)CO. The molecule has 0 atom stereocenters. The van der Waals surface area contributed by atoms with Crippen LogP contribution in [0, 0.1) is 0 Å². The van der Waals surface area contributed by atoms with E-state index in [2.05, 4.69) is 22.6 Å². The largest absolute Gasteiger partial charge is 0.391 e. The van der Waals surface area contributed by atoms with Gasteiger partial charge in [-0.05, 0) is 29.0 Å². The molecule has 0 aliphatic carbocycles. The number of hydrogen-bond acceptors (Lipinski definition) is 1. The Hall–Kier alpha value is 0.430. The number of halogens is 1. The maximum Gasteiger partial charge on any atom is 0.0735 e. The van der Waals surface area contributed by atoms with Gasteiger partial charge in [-0.25, -0.2) is 0 Å². The third kappa shape index (κ3) is 4.28. The van der Waals surface area contributed by atoms with Gasteiger partial charge in [0, 0.05) is 3.58 Å². The molecule has 0 aromatic carbocycles. The second-order valence-corrected chi connectivity index (χ2v) is 2.60. The fraction of sp³-hybridized carbons (Fsp3) is 0.600. The molecule has 0 spiro atoms. The van der Waals surface area contributed by atoms with Crippen LogP contribution >= 0.6 is 22.6 Å². The van der Waals surface area contributed by atoms with Crippen LogP contribution in [0.4, 0.5) is 0 Å². The highest BCUT2D eigenvalue weighted by molar-refractivity contribution is 14.1. The Bertz CT molecular complexity index is 68.5. The number of aliphatic hydroxyl groups excluding tert-OH is 1. The summed E-state index contributed by atoms with van der Waals surface area (Å²) in [5, 5.41) is 8.39. The lowest BCUT2D eigenvalue weighted by Crippen LogP contribution is -1.77. The molecular formula is C5H9IO. The standard InChI is InChI=1S/C5H9IO/c1-2-3-5(6)4-7/h3,7H,2,4H2,1H3/b5-3-. The first kappa shape index (κ1) is 7.43. The summed E-state index contributed by atoms with van der Waals surface area (Å²) in [5.41, 5.74) is 0. The fourth-order valence-electron chi connectivity index (χ4n) is 0.286. The second kappa shape index (κ2) is 4.59. The third-order valence-electron chi connectivity index (χ3n) is 0.577. The first-order valence-corrected chi connectivity index (χ1v) is 3.34. The van der Waals surface area contributed by atoms with E-state index < -0.39 is 0 Å². The van der Waals surface area contributed by atoms with Crippen LogP contribution in [0.15, 0.2) is 9.66 Å². The van der Waals surface area contributed by atoms with Gasteiger partial charge in [0.2, 0.25) is 0 Å². The highest BCUT2D eigenvalue weighted by Gasteiger charge is 1.80. The average Bonchev–Trinajstić information content (AvgIpc) is 1.68. The van der Waals surface area contributed by atoms with Crippen molar-refractivity contribution in [3.63, 3.8) is 0 Å². The molecule has 0 rings (SSSR count). The van der Waals surface area contributed by atoms with E-state index in [1.54, 1.807) is 0 Å². The van der Waals surface area contributed by atoms with E-state index in [0.29, 0.717) is 0 Å². The first-order valence-electron chi connectivity index (χ1n) is 2.26. The van der Waals surface area contributed by atoms with E-state index in [9.17, 15) is 0 Å². The van der Waals surface area contributed by atoms with Gasteiger partial charge in [-0.3, -0.25) is 0 Å². The van der Waals surface area contributed by atoms with Crippen LogP contribution in [-0.2, 0) is 0 Å². The van der Waals surface area contributed by atoms with Crippen molar-refractivity contribution in [3.05, 3.63) is 9.66 Å². The summed E-state index contributed by atoms with van der Waals surface area (Å²) in [6.07, 6.45) is 3.01. The average molecular weight is 212 g/mol. The minimum atomic E-state index is 0.189. The van der Waals surface area contributed by atoms with Crippen molar-refractivity contribution in [1.29, 1.82) is 0 Å². The predicted molar refractivity (Wildman–Crippen MR) is 39.5 cm³/mol. The van der Waals surface area contributed by atoms with Crippen LogP contribution in [-0.4, -0.2) is 11.7 Å². The molecule has 1 nitrogen and oxygen atoms in total. The number of rotatable bonds is 2. The Morgan fingerprint density at radius 2 is 2.43 bits per heavy atom. The summed E-state index contributed by atoms with van der Waals surface area (Å²) in [6.45, 7) is 2.24. The molecule has 0 fully saturated rings. The van der Waals surface area contributed by atoms with E-state index in [-0.39, 0.29) is 6.61 Å². The maximum absolute atomic E-state index is 8.39. The van der Waals surface area contributed by atoms with Crippen LogP contribution in [0.25, 0.3) is 0 Å². The predicted octanol–water partition coefficient (Wildman–Crippen LogP) is 1.71. The summed E-state index contributed by atoms with van der Waals surface area (Å²) < 4.78 is 1.03. The van der Waals surface area contributed by atoms with E-state index >= 15 is 0 Å². The van der Waals surface area contributed by atoms with Gasteiger partial charge in [-0.2, -0.15) is 0 Å². The van der Waals surface area contributed by atoms with Crippen LogP contribution in [0.2, 0.25) is 0 Å². The lowest BCUT2D eigenvalue weighted by Gasteiger charge is -1.85. The van der Waals surface area contributed by atoms with Crippen LogP contribution < -0.4 is 0 Å². The van der Waals surface area contributed by atoms with Crippen molar-refractivity contribution in [1.82, 2.24) is 0 Å². The van der Waals surface area contributed by atoms with Crippen LogP contribution in [0.1, 0.15) is 13.3 Å². The fourth-order valence-corrected chi connectivity index (χ4v) is 0.726. The van der Waals surface area contributed by atoms with Crippen molar-refractivity contribution < 1.29 is 5.11 Å². The van der Waals surface area contributed by atoms with Gasteiger partial charge in [0.05, 0.1) is 6.61 Å².